The van der Waals surface area contributed by atoms with Crippen LogP contribution in [0.15, 0.2) is 0 Å². The van der Waals surface area contributed by atoms with Crippen LogP contribution in [0.5, 0.6) is 0 Å². The van der Waals surface area contributed by atoms with E-state index in [0.29, 0.717) is 43.2 Å². The Labute approximate surface area is 151 Å². The Kier molecular flexibility index (Phi) is 7.56. The molecule has 2 heterocycles. The molecule has 1 saturated carbocycles. The van der Waals surface area contributed by atoms with Gasteiger partial charge in [-0.3, -0.25) is 4.79 Å². The van der Waals surface area contributed by atoms with Crippen LogP contribution in [0.4, 0.5) is 0 Å². The van der Waals surface area contributed by atoms with Gasteiger partial charge < -0.3 is 19.3 Å². The summed E-state index contributed by atoms with van der Waals surface area (Å²) in [6, 6.07) is 0. The summed E-state index contributed by atoms with van der Waals surface area (Å²) in [7, 11) is 0. The van der Waals surface area contributed by atoms with Crippen molar-refractivity contribution >= 4 is 5.97 Å². The first-order valence-corrected chi connectivity index (χ1v) is 10.3. The molecule has 1 aliphatic carbocycles. The third kappa shape index (κ3) is 5.66. The van der Waals surface area contributed by atoms with Gasteiger partial charge in [-0.25, -0.2) is 0 Å². The predicted molar refractivity (Wildman–Crippen MR) is 94.6 cm³/mol. The summed E-state index contributed by atoms with van der Waals surface area (Å²) in [5.41, 5.74) is 0. The number of fused-ring (bicyclic) bond motifs is 2. The number of hydrogen-bond acceptors (Lipinski definition) is 4. The van der Waals surface area contributed by atoms with Gasteiger partial charge in [0.1, 0.15) is 0 Å². The highest BCUT2D eigenvalue weighted by Crippen LogP contribution is 2.45. The van der Waals surface area contributed by atoms with Crippen molar-refractivity contribution in [3.63, 3.8) is 0 Å². The topological polar surface area (TPSA) is 65.0 Å². The molecule has 4 unspecified atom stereocenters. The lowest BCUT2D eigenvalue weighted by molar-refractivity contribution is -0.137. The molecule has 144 valence electrons. The summed E-state index contributed by atoms with van der Waals surface area (Å²) in [6.07, 6.45) is 12.9. The van der Waals surface area contributed by atoms with E-state index < -0.39 is 5.97 Å². The molecule has 2 aliphatic heterocycles. The maximum absolute atomic E-state index is 10.5. The van der Waals surface area contributed by atoms with E-state index in [4.69, 9.17) is 19.3 Å². The first kappa shape index (κ1) is 19.1. The van der Waals surface area contributed by atoms with Crippen LogP contribution >= 0.6 is 0 Å². The van der Waals surface area contributed by atoms with E-state index in [1.165, 1.54) is 38.5 Å². The highest BCUT2D eigenvalue weighted by molar-refractivity contribution is 5.66. The Morgan fingerprint density at radius 1 is 0.960 bits per heavy atom. The number of hydrogen-bond donors (Lipinski definition) is 1. The molecule has 0 radical (unpaired) electrons. The molecule has 0 aromatic carbocycles. The van der Waals surface area contributed by atoms with Crippen LogP contribution in [0.3, 0.4) is 0 Å². The largest absolute Gasteiger partial charge is 0.481 e. The second kappa shape index (κ2) is 9.89. The van der Waals surface area contributed by atoms with Crippen LogP contribution in [0.25, 0.3) is 0 Å². The number of unbranched alkanes of at least 4 members (excludes halogenated alkanes) is 1. The molecule has 3 aliphatic rings. The molecule has 3 rings (SSSR count). The van der Waals surface area contributed by atoms with Crippen molar-refractivity contribution in [3.05, 3.63) is 0 Å². The van der Waals surface area contributed by atoms with Crippen LogP contribution in [0.2, 0.25) is 0 Å². The molecule has 1 N–H and O–H groups in total. The quantitative estimate of drug-likeness (QED) is 0.572. The fourth-order valence-corrected chi connectivity index (χ4v) is 4.80. The van der Waals surface area contributed by atoms with E-state index in [1.54, 1.807) is 0 Å². The Morgan fingerprint density at radius 2 is 1.72 bits per heavy atom. The number of ether oxygens (including phenoxy) is 3. The molecule has 0 amide bonds. The molecule has 2 saturated heterocycles. The van der Waals surface area contributed by atoms with Gasteiger partial charge in [-0.05, 0) is 50.9 Å². The van der Waals surface area contributed by atoms with Gasteiger partial charge in [0, 0.05) is 25.6 Å². The molecular weight excluding hydrogens is 320 g/mol. The number of rotatable bonds is 11. The molecule has 0 aromatic rings. The summed E-state index contributed by atoms with van der Waals surface area (Å²) >= 11 is 0. The average Bonchev–Trinajstić information content (AvgIpc) is 3.21. The smallest absolute Gasteiger partial charge is 0.303 e. The number of carboxylic acids is 1. The van der Waals surface area contributed by atoms with Gasteiger partial charge in [-0.2, -0.15) is 0 Å². The fraction of sp³-hybridized carbons (Fsp3) is 0.950. The Hall–Kier alpha value is -0.650. The van der Waals surface area contributed by atoms with E-state index >= 15 is 0 Å². The van der Waals surface area contributed by atoms with Gasteiger partial charge in [0.2, 0.25) is 0 Å². The van der Waals surface area contributed by atoms with E-state index in [1.807, 2.05) is 0 Å². The molecule has 0 aromatic heterocycles. The third-order valence-electron chi connectivity index (χ3n) is 6.19. The maximum atomic E-state index is 10.5. The second-order valence-corrected chi connectivity index (χ2v) is 7.96. The van der Waals surface area contributed by atoms with Crippen LogP contribution < -0.4 is 0 Å². The highest BCUT2D eigenvalue weighted by atomic mass is 16.5. The van der Waals surface area contributed by atoms with Crippen molar-refractivity contribution in [1.29, 1.82) is 0 Å². The number of aliphatic carboxylic acids is 1. The number of carboxylic acid groups (broad SMARTS) is 1. The minimum absolute atomic E-state index is 0.238. The van der Waals surface area contributed by atoms with Gasteiger partial charge in [0.15, 0.2) is 0 Å². The van der Waals surface area contributed by atoms with Gasteiger partial charge in [-0.15, -0.1) is 0 Å². The predicted octanol–water partition coefficient (Wildman–Crippen LogP) is 3.79. The number of carbonyl (C=O) groups is 1. The van der Waals surface area contributed by atoms with Gasteiger partial charge in [-0.1, -0.05) is 19.3 Å². The zero-order valence-electron chi connectivity index (χ0n) is 15.4. The zero-order chi connectivity index (χ0) is 17.5. The Bertz CT molecular complexity index is 407. The standard InChI is InChI=1S/C20H34O5/c21-20(22)8-4-5-12-23-14-17-16(18-9-10-19(17)25-18)11-13-24-15-6-2-1-3-7-15/h15-19H,1-14H2,(H,21,22). The van der Waals surface area contributed by atoms with Crippen molar-refractivity contribution in [3.8, 4) is 0 Å². The lowest BCUT2D eigenvalue weighted by Gasteiger charge is -2.29. The first-order valence-electron chi connectivity index (χ1n) is 10.3. The van der Waals surface area contributed by atoms with E-state index in [2.05, 4.69) is 0 Å². The van der Waals surface area contributed by atoms with Crippen LogP contribution in [0, 0.1) is 11.8 Å². The lowest BCUT2D eigenvalue weighted by atomic mass is 9.78. The first-order chi connectivity index (χ1) is 12.2. The molecule has 25 heavy (non-hydrogen) atoms. The van der Waals surface area contributed by atoms with E-state index in [0.717, 1.165) is 32.5 Å². The SMILES string of the molecule is O=C(O)CCCCOCC1C2CCC(O2)C1CCOC1CCCCC1. The van der Waals surface area contributed by atoms with Gasteiger partial charge >= 0.3 is 5.97 Å². The Balaban J connectivity index is 1.33. The minimum atomic E-state index is -0.723. The van der Waals surface area contributed by atoms with Crippen molar-refractivity contribution in [2.45, 2.75) is 88.9 Å². The van der Waals surface area contributed by atoms with E-state index in [9.17, 15) is 4.79 Å². The fourth-order valence-electron chi connectivity index (χ4n) is 4.80. The van der Waals surface area contributed by atoms with E-state index in [-0.39, 0.29) is 6.42 Å². The van der Waals surface area contributed by atoms with Crippen LogP contribution in [-0.2, 0) is 19.0 Å². The maximum Gasteiger partial charge on any atom is 0.303 e. The van der Waals surface area contributed by atoms with Gasteiger partial charge in [0.05, 0.1) is 24.9 Å². The highest BCUT2D eigenvalue weighted by Gasteiger charge is 2.48. The normalized spacial score (nSPS) is 32.3. The molecular formula is C20H34O5. The monoisotopic (exact) mass is 354 g/mol. The zero-order valence-corrected chi connectivity index (χ0v) is 15.4. The molecule has 0 spiro atoms. The summed E-state index contributed by atoms with van der Waals surface area (Å²) in [6.45, 7) is 2.27. The van der Waals surface area contributed by atoms with Crippen LogP contribution in [-0.4, -0.2) is 49.2 Å². The second-order valence-electron chi connectivity index (χ2n) is 7.96. The van der Waals surface area contributed by atoms with Crippen molar-refractivity contribution in [2.75, 3.05) is 19.8 Å². The van der Waals surface area contributed by atoms with Crippen LogP contribution in [0.1, 0.15) is 70.6 Å². The molecule has 3 fully saturated rings. The molecule has 2 bridgehead atoms. The van der Waals surface area contributed by atoms with Gasteiger partial charge in [0.25, 0.3) is 0 Å². The van der Waals surface area contributed by atoms with Crippen molar-refractivity contribution < 1.29 is 24.1 Å². The molecule has 5 nitrogen and oxygen atoms in total. The summed E-state index contributed by atoms with van der Waals surface area (Å²) in [5.74, 6) is 0.342. The average molecular weight is 354 g/mol. The lowest BCUT2D eigenvalue weighted by Crippen LogP contribution is -2.32. The third-order valence-corrected chi connectivity index (χ3v) is 6.19. The minimum Gasteiger partial charge on any atom is -0.481 e. The summed E-state index contributed by atoms with van der Waals surface area (Å²) < 4.78 is 18.1. The summed E-state index contributed by atoms with van der Waals surface area (Å²) in [4.78, 5) is 10.5. The summed E-state index contributed by atoms with van der Waals surface area (Å²) in [5, 5.41) is 8.66. The molecule has 5 heteroatoms. The Morgan fingerprint density at radius 3 is 2.48 bits per heavy atom. The van der Waals surface area contributed by atoms with Crippen molar-refractivity contribution in [2.24, 2.45) is 11.8 Å². The van der Waals surface area contributed by atoms with Crippen molar-refractivity contribution in [1.82, 2.24) is 0 Å². The molecule has 4 atom stereocenters.